The van der Waals surface area contributed by atoms with Crippen molar-refractivity contribution in [3.8, 4) is 0 Å². The van der Waals surface area contributed by atoms with Crippen LogP contribution in [0.5, 0.6) is 0 Å². The third-order valence-electron chi connectivity index (χ3n) is 3.62. The van der Waals surface area contributed by atoms with Gasteiger partial charge in [-0.2, -0.15) is 0 Å². The molecule has 1 amide bonds. The van der Waals surface area contributed by atoms with Crippen LogP contribution < -0.4 is 11.1 Å². The number of nitrogens with two attached hydrogens (primary N) is 1. The standard InChI is InChI=1S/C20H40N2O8/c1-20(2,3)18(23)16-29-14-12-28-11-9-26-7-5-22-19(24)17-30-15-13-27-10-8-25-6-4-21/h4-17,21H2,1-3H3,(H,22,24). The lowest BCUT2D eigenvalue weighted by Crippen LogP contribution is -2.31. The molecular formula is C20H40N2O8. The Balaban J connectivity index is 3.25. The van der Waals surface area contributed by atoms with Gasteiger partial charge < -0.3 is 39.5 Å². The Hall–Kier alpha value is -1.14. The Bertz CT molecular complexity index is 430. The van der Waals surface area contributed by atoms with Gasteiger partial charge in [-0.3, -0.25) is 9.59 Å². The second-order valence-corrected chi connectivity index (χ2v) is 7.37. The molecule has 0 saturated heterocycles. The van der Waals surface area contributed by atoms with Crippen LogP contribution in [0, 0.1) is 5.41 Å². The molecule has 3 N–H and O–H groups in total. The van der Waals surface area contributed by atoms with E-state index in [0.717, 1.165) is 0 Å². The minimum absolute atomic E-state index is 0.0200. The van der Waals surface area contributed by atoms with E-state index in [-0.39, 0.29) is 30.3 Å². The highest BCUT2D eigenvalue weighted by atomic mass is 16.5. The normalized spacial score (nSPS) is 11.6. The molecule has 0 fully saturated rings. The molecule has 0 aliphatic rings. The number of ketones is 1. The van der Waals surface area contributed by atoms with Crippen LogP contribution in [0.2, 0.25) is 0 Å². The number of carbonyl (C=O) groups is 2. The predicted octanol–water partition coefficient (Wildman–Crippen LogP) is -0.224. The summed E-state index contributed by atoms with van der Waals surface area (Å²) in [6.45, 7) is 10.8. The van der Waals surface area contributed by atoms with Gasteiger partial charge >= 0.3 is 0 Å². The molecule has 0 unspecified atom stereocenters. The summed E-state index contributed by atoms with van der Waals surface area (Å²) >= 11 is 0. The first-order valence-corrected chi connectivity index (χ1v) is 10.3. The lowest BCUT2D eigenvalue weighted by atomic mass is 9.91. The van der Waals surface area contributed by atoms with E-state index in [1.165, 1.54) is 0 Å². The summed E-state index contributed by atoms with van der Waals surface area (Å²) in [6, 6.07) is 0. The fraction of sp³-hybridized carbons (Fsp3) is 0.900. The SMILES string of the molecule is CC(C)(C)C(=O)COCCOCCOCCNC(=O)COCCOCCOCCN. The summed E-state index contributed by atoms with van der Waals surface area (Å²) in [6.07, 6.45) is 0. The first-order valence-electron chi connectivity index (χ1n) is 10.3. The van der Waals surface area contributed by atoms with Crippen molar-refractivity contribution in [1.29, 1.82) is 0 Å². The largest absolute Gasteiger partial charge is 0.378 e. The zero-order chi connectivity index (χ0) is 22.5. The van der Waals surface area contributed by atoms with Crippen molar-refractivity contribution >= 4 is 11.7 Å². The molecule has 10 nitrogen and oxygen atoms in total. The Morgan fingerprint density at radius 1 is 0.667 bits per heavy atom. The first-order chi connectivity index (χ1) is 14.4. The molecule has 0 radical (unpaired) electrons. The molecule has 30 heavy (non-hydrogen) atoms. The minimum Gasteiger partial charge on any atom is -0.378 e. The quantitative estimate of drug-likeness (QED) is 0.235. The van der Waals surface area contributed by atoms with E-state index in [2.05, 4.69) is 5.32 Å². The number of Topliss-reactive ketones (excluding diaryl/α,β-unsaturated/α-hetero) is 1. The molecule has 0 aromatic heterocycles. The van der Waals surface area contributed by atoms with Crippen LogP contribution in [0.4, 0.5) is 0 Å². The van der Waals surface area contributed by atoms with Crippen molar-refractivity contribution in [2.75, 3.05) is 92.4 Å². The van der Waals surface area contributed by atoms with Crippen LogP contribution >= 0.6 is 0 Å². The number of hydrogen-bond acceptors (Lipinski definition) is 9. The summed E-state index contributed by atoms with van der Waals surface area (Å²) in [5.74, 6) is -0.140. The van der Waals surface area contributed by atoms with Crippen LogP contribution in [0.25, 0.3) is 0 Å². The van der Waals surface area contributed by atoms with Crippen LogP contribution in [-0.4, -0.2) is 104 Å². The van der Waals surface area contributed by atoms with Crippen molar-refractivity contribution in [1.82, 2.24) is 5.32 Å². The van der Waals surface area contributed by atoms with Gasteiger partial charge in [0.15, 0.2) is 5.78 Å². The highest BCUT2D eigenvalue weighted by Crippen LogP contribution is 2.14. The zero-order valence-electron chi connectivity index (χ0n) is 18.7. The molecule has 178 valence electrons. The molecular weight excluding hydrogens is 396 g/mol. The minimum atomic E-state index is -0.384. The van der Waals surface area contributed by atoms with Gasteiger partial charge in [0.25, 0.3) is 0 Å². The lowest BCUT2D eigenvalue weighted by Gasteiger charge is -2.16. The van der Waals surface area contributed by atoms with Crippen molar-refractivity contribution in [3.63, 3.8) is 0 Å². The van der Waals surface area contributed by atoms with Gasteiger partial charge in [0.05, 0.1) is 66.1 Å². The zero-order valence-corrected chi connectivity index (χ0v) is 18.7. The summed E-state index contributed by atoms with van der Waals surface area (Å²) in [5.41, 5.74) is 4.91. The van der Waals surface area contributed by atoms with Gasteiger partial charge in [0.1, 0.15) is 13.2 Å². The van der Waals surface area contributed by atoms with Crippen molar-refractivity contribution in [3.05, 3.63) is 0 Å². The van der Waals surface area contributed by atoms with E-state index >= 15 is 0 Å². The molecule has 0 aliphatic heterocycles. The summed E-state index contributed by atoms with van der Waals surface area (Å²) in [7, 11) is 0. The van der Waals surface area contributed by atoms with Crippen molar-refractivity contribution in [2.24, 2.45) is 11.1 Å². The summed E-state index contributed by atoms with van der Waals surface area (Å²) in [4.78, 5) is 23.2. The van der Waals surface area contributed by atoms with Gasteiger partial charge in [-0.05, 0) is 0 Å². The Kier molecular flexibility index (Phi) is 19.0. The van der Waals surface area contributed by atoms with E-state index in [9.17, 15) is 9.59 Å². The highest BCUT2D eigenvalue weighted by Gasteiger charge is 2.20. The average Bonchev–Trinajstić information content (AvgIpc) is 2.69. The van der Waals surface area contributed by atoms with Crippen LogP contribution in [0.15, 0.2) is 0 Å². The highest BCUT2D eigenvalue weighted by molar-refractivity contribution is 5.84. The number of carbonyl (C=O) groups excluding carboxylic acids is 2. The van der Waals surface area contributed by atoms with Gasteiger partial charge in [0.2, 0.25) is 5.91 Å². The Morgan fingerprint density at radius 3 is 1.60 bits per heavy atom. The topological polar surface area (TPSA) is 128 Å². The fourth-order valence-corrected chi connectivity index (χ4v) is 1.82. The molecule has 0 spiro atoms. The molecule has 0 saturated carbocycles. The van der Waals surface area contributed by atoms with Gasteiger partial charge in [-0.1, -0.05) is 20.8 Å². The van der Waals surface area contributed by atoms with Gasteiger partial charge in [-0.25, -0.2) is 0 Å². The smallest absolute Gasteiger partial charge is 0.246 e. The van der Waals surface area contributed by atoms with E-state index in [1.807, 2.05) is 20.8 Å². The van der Waals surface area contributed by atoms with Crippen LogP contribution in [0.3, 0.4) is 0 Å². The molecule has 0 rings (SSSR count). The van der Waals surface area contributed by atoms with Crippen molar-refractivity contribution in [2.45, 2.75) is 20.8 Å². The molecule has 0 heterocycles. The van der Waals surface area contributed by atoms with Gasteiger partial charge in [0, 0.05) is 18.5 Å². The monoisotopic (exact) mass is 436 g/mol. The summed E-state index contributed by atoms with van der Waals surface area (Å²) < 4.78 is 31.6. The molecule has 10 heteroatoms. The number of hydrogen-bond donors (Lipinski definition) is 2. The molecule has 0 aliphatic carbocycles. The maximum Gasteiger partial charge on any atom is 0.246 e. The van der Waals surface area contributed by atoms with E-state index in [4.69, 9.17) is 34.2 Å². The van der Waals surface area contributed by atoms with E-state index < -0.39 is 0 Å². The second kappa shape index (κ2) is 19.8. The van der Waals surface area contributed by atoms with Gasteiger partial charge in [-0.15, -0.1) is 0 Å². The molecule has 0 aromatic carbocycles. The third-order valence-corrected chi connectivity index (χ3v) is 3.62. The Morgan fingerprint density at radius 2 is 1.10 bits per heavy atom. The van der Waals surface area contributed by atoms with Crippen molar-refractivity contribution < 1.29 is 38.0 Å². The lowest BCUT2D eigenvalue weighted by molar-refractivity contribution is -0.131. The average molecular weight is 437 g/mol. The number of nitrogens with one attached hydrogen (secondary N) is 1. The third kappa shape index (κ3) is 20.1. The first kappa shape index (κ1) is 28.9. The van der Waals surface area contributed by atoms with Crippen LogP contribution in [0.1, 0.15) is 20.8 Å². The molecule has 0 aromatic rings. The summed E-state index contributed by atoms with van der Waals surface area (Å²) in [5, 5.41) is 2.70. The fourth-order valence-electron chi connectivity index (χ4n) is 1.82. The molecule has 0 bridgehead atoms. The van der Waals surface area contributed by atoms with E-state index in [0.29, 0.717) is 79.2 Å². The second-order valence-electron chi connectivity index (χ2n) is 7.37. The van der Waals surface area contributed by atoms with Crippen LogP contribution in [-0.2, 0) is 38.0 Å². The predicted molar refractivity (Wildman–Crippen MR) is 111 cm³/mol. The van der Waals surface area contributed by atoms with E-state index in [1.54, 1.807) is 0 Å². The maximum absolute atomic E-state index is 11.7. The molecule has 0 atom stereocenters. The maximum atomic E-state index is 11.7. The number of rotatable bonds is 21. The number of ether oxygens (including phenoxy) is 6. The number of amides is 1. The Labute approximate surface area is 180 Å².